The molecule has 0 aliphatic heterocycles. The monoisotopic (exact) mass is 450 g/mol. The van der Waals surface area contributed by atoms with Crippen molar-refractivity contribution < 1.29 is 19.2 Å². The molecule has 0 amide bonds. The predicted molar refractivity (Wildman–Crippen MR) is 125 cm³/mol. The normalized spacial score (nSPS) is 13.7. The van der Waals surface area contributed by atoms with Crippen molar-refractivity contribution in [3.05, 3.63) is 61.4 Å². The molecule has 0 nitrogen and oxygen atoms in total. The summed E-state index contributed by atoms with van der Waals surface area (Å²) in [7, 11) is 1.86. The molecule has 0 atom stereocenters. The Morgan fingerprint density at radius 2 is 1.08 bits per heavy atom. The molecule has 26 heavy (non-hydrogen) atoms. The second-order valence-corrected chi connectivity index (χ2v) is 6.87. The fourth-order valence-electron chi connectivity index (χ4n) is 2.63. The first kappa shape index (κ1) is 37.3. The van der Waals surface area contributed by atoms with Crippen LogP contribution in [0.5, 0.6) is 0 Å². The fraction of sp³-hybridized carbons (Fsp3) is 0.545. The molecule has 0 fully saturated rings. The molecule has 0 radical (unpaired) electrons. The van der Waals surface area contributed by atoms with Crippen LogP contribution in [0, 0.1) is 38.8 Å². The minimum atomic E-state index is 0. The van der Waals surface area contributed by atoms with Crippen molar-refractivity contribution in [3.8, 4) is 0 Å². The van der Waals surface area contributed by atoms with E-state index in [1.165, 1.54) is 24.0 Å². The van der Waals surface area contributed by atoms with Gasteiger partial charge in [0.1, 0.15) is 0 Å². The van der Waals surface area contributed by atoms with Crippen LogP contribution in [0.3, 0.4) is 0 Å². The van der Waals surface area contributed by atoms with Crippen molar-refractivity contribution >= 4 is 32.4 Å². The van der Waals surface area contributed by atoms with Crippen LogP contribution in [0.2, 0.25) is 0 Å². The van der Waals surface area contributed by atoms with E-state index in [2.05, 4.69) is 65.8 Å². The SMILES string of the molecule is CC1=[C-]CC(CC(C)C)=C1.CC1=[C-]CC(CC(C)C)=C1.Cl.Cl.[CH3-].[CH3-].[SiH2]=[Ti]. The fourth-order valence-corrected chi connectivity index (χ4v) is 2.63. The molecule has 0 bridgehead atoms. The van der Waals surface area contributed by atoms with Crippen LogP contribution in [0.15, 0.2) is 34.4 Å². The quantitative estimate of drug-likeness (QED) is 0.317. The molecular formula is C22H40Cl2SiTi-4. The molecule has 2 aliphatic carbocycles. The molecular weight excluding hydrogens is 411 g/mol. The van der Waals surface area contributed by atoms with Gasteiger partial charge in [0.25, 0.3) is 0 Å². The van der Waals surface area contributed by atoms with Crippen LogP contribution in [0.1, 0.15) is 67.2 Å². The summed E-state index contributed by atoms with van der Waals surface area (Å²) >= 11 is 2.03. The summed E-state index contributed by atoms with van der Waals surface area (Å²) in [5, 5.41) is 0. The van der Waals surface area contributed by atoms with E-state index in [1.807, 2.05) is 26.8 Å². The average molecular weight is 451 g/mol. The molecule has 0 aromatic heterocycles. The van der Waals surface area contributed by atoms with Gasteiger partial charge in [-0.25, -0.2) is 23.3 Å². The van der Waals surface area contributed by atoms with Crippen molar-refractivity contribution in [1.82, 2.24) is 0 Å². The van der Waals surface area contributed by atoms with Gasteiger partial charge in [-0.15, -0.1) is 37.7 Å². The maximum atomic E-state index is 3.30. The molecule has 0 saturated heterocycles. The van der Waals surface area contributed by atoms with Gasteiger partial charge in [-0.2, -0.15) is 11.1 Å². The molecule has 0 aromatic rings. The van der Waals surface area contributed by atoms with Gasteiger partial charge in [0.15, 0.2) is 0 Å². The van der Waals surface area contributed by atoms with E-state index in [4.69, 9.17) is 0 Å². The van der Waals surface area contributed by atoms with Gasteiger partial charge < -0.3 is 14.9 Å². The van der Waals surface area contributed by atoms with E-state index in [0.717, 1.165) is 24.7 Å². The van der Waals surface area contributed by atoms with E-state index in [-0.39, 0.29) is 39.7 Å². The second kappa shape index (κ2) is 21.8. The Labute approximate surface area is 191 Å². The van der Waals surface area contributed by atoms with Gasteiger partial charge in [0.2, 0.25) is 0 Å². The third-order valence-electron chi connectivity index (χ3n) is 3.37. The van der Waals surface area contributed by atoms with Crippen molar-refractivity contribution in [1.29, 1.82) is 0 Å². The summed E-state index contributed by atoms with van der Waals surface area (Å²) in [6.45, 7) is 13.3. The van der Waals surface area contributed by atoms with E-state index in [9.17, 15) is 0 Å². The predicted octanol–water partition coefficient (Wildman–Crippen LogP) is 7.05. The van der Waals surface area contributed by atoms with Gasteiger partial charge in [-0.3, -0.25) is 12.2 Å². The summed E-state index contributed by atoms with van der Waals surface area (Å²) < 4.78 is 0. The Bertz CT molecular complexity index is 419. The van der Waals surface area contributed by atoms with Crippen molar-refractivity contribution in [3.63, 3.8) is 0 Å². The molecule has 2 rings (SSSR count). The van der Waals surface area contributed by atoms with Crippen molar-refractivity contribution in [2.75, 3.05) is 0 Å². The van der Waals surface area contributed by atoms with Gasteiger partial charge >= 0.3 is 26.8 Å². The zero-order chi connectivity index (χ0) is 17.1. The number of rotatable bonds is 4. The van der Waals surface area contributed by atoms with Gasteiger partial charge in [-0.05, 0) is 24.7 Å². The van der Waals surface area contributed by atoms with Crippen LogP contribution < -0.4 is 0 Å². The Balaban J connectivity index is -0.0000000904. The standard InChI is InChI=1S/2C10H15.2CH3.2ClH.H2Si.Ti/c2*1-8(2)6-10-5-4-9(3)7-10;;;;;;/h2*7-8H,5-6H2,1-3H3;2*1H3;2*1H;1H2;/q4*-1;;;;. The van der Waals surface area contributed by atoms with Crippen LogP contribution in [0.4, 0.5) is 0 Å². The van der Waals surface area contributed by atoms with Crippen LogP contribution in [-0.2, 0) is 19.2 Å². The van der Waals surface area contributed by atoms with E-state index >= 15 is 0 Å². The summed E-state index contributed by atoms with van der Waals surface area (Å²) in [6.07, 6.45) is 15.8. The average Bonchev–Trinajstić information content (AvgIpc) is 3.00. The van der Waals surface area contributed by atoms with Crippen LogP contribution in [-0.4, -0.2) is 7.63 Å². The molecule has 0 heterocycles. The number of halogens is 2. The summed E-state index contributed by atoms with van der Waals surface area (Å²) in [5.74, 6) is 1.58. The molecule has 4 heteroatoms. The zero-order valence-corrected chi connectivity index (χ0v) is 22.8. The minimum absolute atomic E-state index is 0. The Kier molecular flexibility index (Phi) is 31.2. The van der Waals surface area contributed by atoms with E-state index in [1.54, 1.807) is 11.1 Å². The number of allylic oxidation sites excluding steroid dienone is 8. The van der Waals surface area contributed by atoms with Crippen LogP contribution in [0.25, 0.3) is 0 Å². The van der Waals surface area contributed by atoms with E-state index < -0.39 is 0 Å². The summed E-state index contributed by atoms with van der Waals surface area (Å²) in [6, 6.07) is 0. The second-order valence-electron chi connectivity index (χ2n) is 6.87. The first-order chi connectivity index (χ1) is 10.4. The molecule has 0 saturated carbocycles. The molecule has 0 unspecified atom stereocenters. The van der Waals surface area contributed by atoms with Crippen molar-refractivity contribution in [2.24, 2.45) is 11.8 Å². The first-order valence-corrected chi connectivity index (χ1v) is 12.3. The summed E-state index contributed by atoms with van der Waals surface area (Å²) in [4.78, 5) is 0. The molecule has 0 spiro atoms. The van der Waals surface area contributed by atoms with Gasteiger partial charge in [0.05, 0.1) is 0 Å². The Morgan fingerprint density at radius 1 is 0.808 bits per heavy atom. The maximum absolute atomic E-state index is 3.30. The first-order valence-electron chi connectivity index (χ1n) is 8.26. The number of hydrogen-bond acceptors (Lipinski definition) is 0. The topological polar surface area (TPSA) is 0 Å². The summed E-state index contributed by atoms with van der Waals surface area (Å²) in [5.41, 5.74) is 5.73. The van der Waals surface area contributed by atoms with Crippen molar-refractivity contribution in [2.45, 2.75) is 67.2 Å². The zero-order valence-electron chi connectivity index (χ0n) is 18.2. The Hall–Kier alpha value is 0.471. The van der Waals surface area contributed by atoms with Gasteiger partial charge in [0, 0.05) is 0 Å². The molecule has 154 valence electrons. The number of hydrogen-bond donors (Lipinski definition) is 0. The molecule has 0 aromatic carbocycles. The molecule has 2 aliphatic rings. The van der Waals surface area contributed by atoms with Gasteiger partial charge in [-0.1, -0.05) is 41.5 Å². The Morgan fingerprint density at radius 3 is 1.23 bits per heavy atom. The van der Waals surface area contributed by atoms with Crippen LogP contribution >= 0.6 is 24.8 Å². The van der Waals surface area contributed by atoms with E-state index in [0.29, 0.717) is 0 Å². The third kappa shape index (κ3) is 19.2. The third-order valence-corrected chi connectivity index (χ3v) is 3.37. The molecule has 0 N–H and O–H groups in total.